The first-order valence-corrected chi connectivity index (χ1v) is 9.24. The summed E-state index contributed by atoms with van der Waals surface area (Å²) in [5.41, 5.74) is 8.94. The highest BCUT2D eigenvalue weighted by atomic mass is 19.1. The molecular formula is C22H20FN5O. The molecule has 0 saturated heterocycles. The van der Waals surface area contributed by atoms with Gasteiger partial charge in [-0.05, 0) is 59.9 Å². The van der Waals surface area contributed by atoms with Gasteiger partial charge in [-0.3, -0.25) is 10.1 Å². The van der Waals surface area contributed by atoms with Gasteiger partial charge in [0.05, 0.1) is 11.0 Å². The quantitative estimate of drug-likeness (QED) is 0.706. The van der Waals surface area contributed by atoms with Gasteiger partial charge < -0.3 is 10.5 Å². The number of ether oxygens (including phenoxy) is 1. The van der Waals surface area contributed by atoms with Gasteiger partial charge >= 0.3 is 0 Å². The lowest BCUT2D eigenvalue weighted by Gasteiger charge is -2.41. The highest BCUT2D eigenvalue weighted by Gasteiger charge is 2.50. The van der Waals surface area contributed by atoms with Gasteiger partial charge in [0, 0.05) is 18.1 Å². The number of aromatic nitrogens is 3. The smallest absolute Gasteiger partial charge is 0.244 e. The Morgan fingerprint density at radius 1 is 1.21 bits per heavy atom. The molecule has 0 bridgehead atoms. The fourth-order valence-corrected chi connectivity index (χ4v) is 4.29. The summed E-state index contributed by atoms with van der Waals surface area (Å²) in [4.78, 5) is 4.03. The molecule has 0 amide bonds. The number of aryl methyl sites for hydroxylation is 1. The molecule has 146 valence electrons. The van der Waals surface area contributed by atoms with E-state index < -0.39 is 11.2 Å². The van der Waals surface area contributed by atoms with E-state index in [1.807, 2.05) is 39.0 Å². The van der Waals surface area contributed by atoms with Crippen LogP contribution in [0.4, 0.5) is 4.39 Å². The Kier molecular flexibility index (Phi) is 4.35. The summed E-state index contributed by atoms with van der Waals surface area (Å²) in [7, 11) is 0. The molecule has 6 nitrogen and oxygen atoms in total. The Balaban J connectivity index is 2.09. The molecule has 29 heavy (non-hydrogen) atoms. The van der Waals surface area contributed by atoms with Crippen molar-refractivity contribution in [2.45, 2.75) is 26.2 Å². The second-order valence-corrected chi connectivity index (χ2v) is 7.41. The number of nitrogens with zero attached hydrogens (tertiary/aromatic N) is 3. The molecule has 4 rings (SSSR count). The third-order valence-electron chi connectivity index (χ3n) is 5.50. The van der Waals surface area contributed by atoms with E-state index in [9.17, 15) is 9.65 Å². The summed E-state index contributed by atoms with van der Waals surface area (Å²) in [6, 6.07) is 10.7. The minimum Gasteiger partial charge on any atom is -0.420 e. The summed E-state index contributed by atoms with van der Waals surface area (Å²) in [6.45, 7) is 5.80. The van der Waals surface area contributed by atoms with E-state index in [1.54, 1.807) is 12.4 Å². The molecule has 1 aromatic carbocycles. The molecule has 7 heteroatoms. The summed E-state index contributed by atoms with van der Waals surface area (Å²) in [5.74, 6) is -0.251. The minimum absolute atomic E-state index is 0.0186. The van der Waals surface area contributed by atoms with Crippen molar-refractivity contribution in [3.05, 3.63) is 76.8 Å². The van der Waals surface area contributed by atoms with Crippen LogP contribution >= 0.6 is 0 Å². The van der Waals surface area contributed by atoms with Crippen molar-refractivity contribution in [2.24, 2.45) is 11.7 Å². The zero-order valence-electron chi connectivity index (χ0n) is 16.3. The molecule has 1 atom stereocenters. The van der Waals surface area contributed by atoms with Crippen LogP contribution in [0.2, 0.25) is 0 Å². The number of benzene rings is 1. The molecule has 0 fully saturated rings. The van der Waals surface area contributed by atoms with Crippen LogP contribution in [-0.4, -0.2) is 15.2 Å². The number of nitrogens with two attached hydrogens (primary N) is 1. The molecular weight excluding hydrogens is 369 g/mol. The van der Waals surface area contributed by atoms with E-state index in [1.165, 1.54) is 12.1 Å². The Hall–Kier alpha value is -3.66. The second-order valence-electron chi connectivity index (χ2n) is 7.41. The molecule has 3 N–H and O–H groups in total. The number of nitrogens with one attached hydrogen (secondary N) is 1. The lowest BCUT2D eigenvalue weighted by molar-refractivity contribution is 0.323. The summed E-state index contributed by atoms with van der Waals surface area (Å²) in [6.07, 6.45) is 3.31. The van der Waals surface area contributed by atoms with Crippen LogP contribution in [0.1, 0.15) is 30.7 Å². The first kappa shape index (κ1) is 18.7. The summed E-state index contributed by atoms with van der Waals surface area (Å²) >= 11 is 0. The van der Waals surface area contributed by atoms with Crippen LogP contribution in [0, 0.1) is 30.0 Å². The van der Waals surface area contributed by atoms with Crippen molar-refractivity contribution in [1.82, 2.24) is 15.2 Å². The van der Waals surface area contributed by atoms with Crippen LogP contribution in [0.3, 0.4) is 0 Å². The van der Waals surface area contributed by atoms with Gasteiger partial charge in [0.15, 0.2) is 0 Å². The van der Waals surface area contributed by atoms with Gasteiger partial charge in [-0.1, -0.05) is 13.8 Å². The van der Waals surface area contributed by atoms with Crippen LogP contribution < -0.4 is 10.5 Å². The zero-order chi connectivity index (χ0) is 20.8. The van der Waals surface area contributed by atoms with Gasteiger partial charge in [0.25, 0.3) is 0 Å². The Morgan fingerprint density at radius 2 is 1.93 bits per heavy atom. The average molecular weight is 389 g/mol. The molecule has 1 aliphatic heterocycles. The lowest BCUT2D eigenvalue weighted by atomic mass is 9.61. The Labute approximate surface area is 167 Å². The maximum Gasteiger partial charge on any atom is 0.244 e. The van der Waals surface area contributed by atoms with E-state index in [-0.39, 0.29) is 17.4 Å². The number of hydrogen-bond acceptors (Lipinski definition) is 5. The number of nitriles is 1. The standard InChI is InChI=1S/C22H20FN5O/c1-12(2)22(18(11-24)20(25)29-21-19(22)13(3)27-28-21)16-8-15(9-17(23)10-16)14-4-6-26-7-5-14/h4-10,12H,25H2,1-3H3,(H,27,28). The van der Waals surface area contributed by atoms with Gasteiger partial charge in [0.2, 0.25) is 11.8 Å². The van der Waals surface area contributed by atoms with E-state index in [4.69, 9.17) is 10.5 Å². The summed E-state index contributed by atoms with van der Waals surface area (Å²) < 4.78 is 20.5. The molecule has 3 aromatic rings. The number of H-pyrrole nitrogens is 1. The Morgan fingerprint density at radius 3 is 2.59 bits per heavy atom. The second kappa shape index (κ2) is 6.74. The zero-order valence-corrected chi connectivity index (χ0v) is 16.3. The SMILES string of the molecule is Cc1[nH]nc2c1C(c1cc(F)cc(-c3ccncc3)c1)(C(C)C)C(C#N)=C(N)O2. The highest BCUT2D eigenvalue weighted by Crippen LogP contribution is 2.52. The van der Waals surface area contributed by atoms with E-state index in [2.05, 4.69) is 21.3 Å². The number of hydrogen-bond donors (Lipinski definition) is 2. The minimum atomic E-state index is -1.01. The van der Waals surface area contributed by atoms with Crippen molar-refractivity contribution in [3.8, 4) is 23.1 Å². The van der Waals surface area contributed by atoms with Crippen molar-refractivity contribution in [2.75, 3.05) is 0 Å². The monoisotopic (exact) mass is 389 g/mol. The molecule has 1 unspecified atom stereocenters. The molecule has 1 aliphatic rings. The van der Waals surface area contributed by atoms with Crippen molar-refractivity contribution in [1.29, 1.82) is 5.26 Å². The number of halogens is 1. The fraction of sp³-hybridized carbons (Fsp3) is 0.227. The number of rotatable bonds is 3. The fourth-order valence-electron chi connectivity index (χ4n) is 4.29. The molecule has 0 aliphatic carbocycles. The predicted molar refractivity (Wildman–Crippen MR) is 106 cm³/mol. The predicted octanol–water partition coefficient (Wildman–Crippen LogP) is 3.95. The molecule has 2 aromatic heterocycles. The van der Waals surface area contributed by atoms with Gasteiger partial charge in [0.1, 0.15) is 17.5 Å². The molecule has 0 radical (unpaired) electrons. The molecule has 0 spiro atoms. The van der Waals surface area contributed by atoms with Crippen molar-refractivity contribution in [3.63, 3.8) is 0 Å². The van der Waals surface area contributed by atoms with Crippen LogP contribution in [0.25, 0.3) is 11.1 Å². The normalized spacial score (nSPS) is 18.3. The third kappa shape index (κ3) is 2.68. The first-order chi connectivity index (χ1) is 13.9. The number of pyridine rings is 1. The number of allylic oxidation sites excluding steroid dienone is 1. The van der Waals surface area contributed by atoms with E-state index in [0.29, 0.717) is 22.6 Å². The third-order valence-corrected chi connectivity index (χ3v) is 5.50. The number of aromatic amines is 1. The highest BCUT2D eigenvalue weighted by molar-refractivity contribution is 5.68. The van der Waals surface area contributed by atoms with E-state index in [0.717, 1.165) is 11.3 Å². The number of fused-ring (bicyclic) bond motifs is 1. The van der Waals surface area contributed by atoms with Gasteiger partial charge in [-0.25, -0.2) is 4.39 Å². The topological polar surface area (TPSA) is 101 Å². The summed E-state index contributed by atoms with van der Waals surface area (Å²) in [5, 5.41) is 17.1. The maximum atomic E-state index is 14.8. The first-order valence-electron chi connectivity index (χ1n) is 9.24. The van der Waals surface area contributed by atoms with Crippen molar-refractivity contribution < 1.29 is 9.13 Å². The lowest BCUT2D eigenvalue weighted by Crippen LogP contribution is -2.41. The molecule has 3 heterocycles. The largest absolute Gasteiger partial charge is 0.420 e. The Bertz CT molecular complexity index is 1160. The van der Waals surface area contributed by atoms with Gasteiger partial charge in [-0.15, -0.1) is 5.10 Å². The maximum absolute atomic E-state index is 14.8. The van der Waals surface area contributed by atoms with E-state index >= 15 is 0 Å². The average Bonchev–Trinajstić information content (AvgIpc) is 3.07. The van der Waals surface area contributed by atoms with Crippen LogP contribution in [0.15, 0.2) is 54.2 Å². The van der Waals surface area contributed by atoms with Crippen LogP contribution in [-0.2, 0) is 5.41 Å². The van der Waals surface area contributed by atoms with Crippen molar-refractivity contribution >= 4 is 0 Å². The molecule has 0 saturated carbocycles. The van der Waals surface area contributed by atoms with Crippen LogP contribution in [0.5, 0.6) is 5.88 Å². The van der Waals surface area contributed by atoms with Gasteiger partial charge in [-0.2, -0.15) is 5.26 Å².